The third-order valence-electron chi connectivity index (χ3n) is 3.52. The van der Waals surface area contributed by atoms with Crippen molar-refractivity contribution in [2.45, 2.75) is 58.4 Å². The highest BCUT2D eigenvalue weighted by Crippen LogP contribution is 2.06. The summed E-state index contributed by atoms with van der Waals surface area (Å²) < 4.78 is 1.90. The Kier molecular flexibility index (Phi) is 13.2. The molecule has 1 aromatic heterocycles. The van der Waals surface area contributed by atoms with E-state index in [-0.39, 0.29) is 24.0 Å². The van der Waals surface area contributed by atoms with E-state index < -0.39 is 0 Å². The number of rotatable bonds is 10. The van der Waals surface area contributed by atoms with Crippen molar-refractivity contribution in [2.75, 3.05) is 13.6 Å². The Morgan fingerprint density at radius 2 is 1.82 bits per heavy atom. The van der Waals surface area contributed by atoms with Crippen molar-refractivity contribution in [3.63, 3.8) is 0 Å². The Balaban J connectivity index is 0.00000441. The predicted molar refractivity (Wildman–Crippen MR) is 103 cm³/mol. The smallest absolute Gasteiger partial charge is 0.191 e. The van der Waals surface area contributed by atoms with Crippen molar-refractivity contribution in [3.05, 3.63) is 12.2 Å². The molecule has 1 aromatic rings. The summed E-state index contributed by atoms with van der Waals surface area (Å²) in [6, 6.07) is 0. The molecule has 0 atom stereocenters. The summed E-state index contributed by atoms with van der Waals surface area (Å²) in [6.07, 6.45) is 11.0. The molecule has 0 amide bonds. The number of aliphatic imine (C=N–C) groups is 1. The zero-order chi connectivity index (χ0) is 15.3. The fourth-order valence-electron chi connectivity index (χ4n) is 2.14. The minimum atomic E-state index is 0. The number of halogens is 1. The van der Waals surface area contributed by atoms with Crippen LogP contribution in [0, 0.1) is 0 Å². The summed E-state index contributed by atoms with van der Waals surface area (Å²) >= 11 is 0. The van der Waals surface area contributed by atoms with E-state index in [9.17, 15) is 0 Å². The van der Waals surface area contributed by atoms with E-state index >= 15 is 0 Å². The third-order valence-corrected chi connectivity index (χ3v) is 3.52. The number of hydrogen-bond donors (Lipinski definition) is 2. The average Bonchev–Trinajstić information content (AvgIpc) is 2.90. The number of nitrogens with zero attached hydrogens (tertiary/aromatic N) is 4. The van der Waals surface area contributed by atoms with Crippen LogP contribution in [0.25, 0.3) is 0 Å². The second kappa shape index (κ2) is 13.8. The summed E-state index contributed by atoms with van der Waals surface area (Å²) in [6.45, 7) is 3.85. The molecule has 0 unspecified atom stereocenters. The summed E-state index contributed by atoms with van der Waals surface area (Å²) in [7, 11) is 3.72. The first kappa shape index (κ1) is 21.1. The van der Waals surface area contributed by atoms with E-state index in [0.29, 0.717) is 6.54 Å². The van der Waals surface area contributed by atoms with Crippen LogP contribution >= 0.6 is 24.0 Å². The zero-order valence-corrected chi connectivity index (χ0v) is 16.5. The van der Waals surface area contributed by atoms with Crippen LogP contribution in [-0.4, -0.2) is 34.3 Å². The average molecular weight is 422 g/mol. The largest absolute Gasteiger partial charge is 0.356 e. The molecule has 0 saturated heterocycles. The molecular formula is C15H31IN6. The van der Waals surface area contributed by atoms with Crippen LogP contribution in [-0.2, 0) is 13.6 Å². The molecule has 22 heavy (non-hydrogen) atoms. The van der Waals surface area contributed by atoms with Gasteiger partial charge in [0.25, 0.3) is 0 Å². The number of nitrogens with one attached hydrogen (secondary N) is 2. The Labute approximate surface area is 151 Å². The van der Waals surface area contributed by atoms with Crippen LogP contribution in [0.4, 0.5) is 0 Å². The highest BCUT2D eigenvalue weighted by Gasteiger charge is 2.02. The molecule has 1 rings (SSSR count). The molecule has 6 nitrogen and oxygen atoms in total. The van der Waals surface area contributed by atoms with Gasteiger partial charge in [-0.05, 0) is 6.42 Å². The van der Waals surface area contributed by atoms with Crippen molar-refractivity contribution >= 4 is 29.9 Å². The van der Waals surface area contributed by atoms with Gasteiger partial charge in [-0.1, -0.05) is 45.4 Å². The second-order valence-corrected chi connectivity index (χ2v) is 5.33. The molecule has 1 heterocycles. The van der Waals surface area contributed by atoms with Crippen molar-refractivity contribution in [1.29, 1.82) is 0 Å². The van der Waals surface area contributed by atoms with E-state index in [1.54, 1.807) is 13.4 Å². The molecule has 0 fully saturated rings. The number of guanidine groups is 1. The van der Waals surface area contributed by atoms with E-state index in [0.717, 1.165) is 18.3 Å². The fourth-order valence-corrected chi connectivity index (χ4v) is 2.14. The maximum absolute atomic E-state index is 4.21. The molecule has 2 N–H and O–H groups in total. The molecule has 0 aromatic carbocycles. The van der Waals surface area contributed by atoms with Gasteiger partial charge in [-0.25, -0.2) is 0 Å². The number of unbranched alkanes of at least 4 members (excludes halogenated alkanes) is 6. The first-order valence-corrected chi connectivity index (χ1v) is 8.05. The highest BCUT2D eigenvalue weighted by molar-refractivity contribution is 14.0. The summed E-state index contributed by atoms with van der Waals surface area (Å²) in [5.41, 5.74) is 0. The van der Waals surface area contributed by atoms with Gasteiger partial charge in [0, 0.05) is 20.6 Å². The van der Waals surface area contributed by atoms with Gasteiger partial charge in [0.1, 0.15) is 6.33 Å². The van der Waals surface area contributed by atoms with Gasteiger partial charge < -0.3 is 15.2 Å². The SMILES string of the molecule is CCCCCCCCCNC(=NC)NCc1nncn1C.I. The van der Waals surface area contributed by atoms with Crippen molar-refractivity contribution in [2.24, 2.45) is 12.0 Å². The van der Waals surface area contributed by atoms with Gasteiger partial charge in [-0.2, -0.15) is 0 Å². The third kappa shape index (κ3) is 9.22. The maximum Gasteiger partial charge on any atom is 0.191 e. The number of aryl methyl sites for hydroxylation is 1. The van der Waals surface area contributed by atoms with Gasteiger partial charge in [-0.15, -0.1) is 34.2 Å². The van der Waals surface area contributed by atoms with E-state index in [1.165, 1.54) is 44.9 Å². The molecule has 7 heteroatoms. The molecule has 128 valence electrons. The molecule has 0 saturated carbocycles. The Morgan fingerprint density at radius 1 is 1.14 bits per heavy atom. The lowest BCUT2D eigenvalue weighted by Crippen LogP contribution is -2.37. The zero-order valence-electron chi connectivity index (χ0n) is 14.1. The Hall–Kier alpha value is -0.860. The normalized spacial score (nSPS) is 11.1. The monoisotopic (exact) mass is 422 g/mol. The van der Waals surface area contributed by atoms with E-state index in [1.807, 2.05) is 11.6 Å². The quantitative estimate of drug-likeness (QED) is 0.263. The molecular weight excluding hydrogens is 391 g/mol. The van der Waals surface area contributed by atoms with Crippen LogP contribution in [0.15, 0.2) is 11.3 Å². The Morgan fingerprint density at radius 3 is 2.41 bits per heavy atom. The van der Waals surface area contributed by atoms with Gasteiger partial charge in [0.05, 0.1) is 6.54 Å². The van der Waals surface area contributed by atoms with Crippen molar-refractivity contribution in [3.8, 4) is 0 Å². The molecule has 0 bridgehead atoms. The van der Waals surface area contributed by atoms with Crippen LogP contribution in [0.3, 0.4) is 0 Å². The van der Waals surface area contributed by atoms with Crippen LogP contribution in [0.2, 0.25) is 0 Å². The van der Waals surface area contributed by atoms with Crippen LogP contribution < -0.4 is 10.6 Å². The standard InChI is InChI=1S/C15H30N6.HI/c1-4-5-6-7-8-9-10-11-17-15(16-2)18-12-14-20-19-13-21(14)3;/h13H,4-12H2,1-3H3,(H2,16,17,18);1H. The minimum Gasteiger partial charge on any atom is -0.356 e. The number of hydrogen-bond acceptors (Lipinski definition) is 3. The maximum atomic E-state index is 4.21. The molecule has 0 aliphatic carbocycles. The molecule has 0 aliphatic heterocycles. The summed E-state index contributed by atoms with van der Waals surface area (Å²) in [4.78, 5) is 4.21. The second-order valence-electron chi connectivity index (χ2n) is 5.33. The van der Waals surface area contributed by atoms with Crippen LogP contribution in [0.1, 0.15) is 57.7 Å². The van der Waals surface area contributed by atoms with Gasteiger partial charge in [0.15, 0.2) is 11.8 Å². The highest BCUT2D eigenvalue weighted by atomic mass is 127. The van der Waals surface area contributed by atoms with Gasteiger partial charge >= 0.3 is 0 Å². The van der Waals surface area contributed by atoms with Crippen molar-refractivity contribution < 1.29 is 0 Å². The molecule has 0 radical (unpaired) electrons. The van der Waals surface area contributed by atoms with Crippen molar-refractivity contribution in [1.82, 2.24) is 25.4 Å². The summed E-state index contributed by atoms with van der Waals surface area (Å²) in [5.74, 6) is 1.72. The number of aromatic nitrogens is 3. The molecule has 0 aliphatic rings. The lowest BCUT2D eigenvalue weighted by atomic mass is 10.1. The van der Waals surface area contributed by atoms with Gasteiger partial charge in [0.2, 0.25) is 0 Å². The lowest BCUT2D eigenvalue weighted by molar-refractivity contribution is 0.583. The minimum absolute atomic E-state index is 0. The Bertz CT molecular complexity index is 404. The first-order chi connectivity index (χ1) is 10.3. The topological polar surface area (TPSA) is 67.1 Å². The predicted octanol–water partition coefficient (Wildman–Crippen LogP) is 2.85. The van der Waals surface area contributed by atoms with E-state index in [2.05, 4.69) is 32.7 Å². The fraction of sp³-hybridized carbons (Fsp3) is 0.800. The van der Waals surface area contributed by atoms with Gasteiger partial charge in [-0.3, -0.25) is 4.99 Å². The summed E-state index contributed by atoms with van der Waals surface area (Å²) in [5, 5.41) is 14.5. The van der Waals surface area contributed by atoms with E-state index in [4.69, 9.17) is 0 Å². The van der Waals surface area contributed by atoms with Crippen LogP contribution in [0.5, 0.6) is 0 Å². The lowest BCUT2D eigenvalue weighted by Gasteiger charge is -2.11. The first-order valence-electron chi connectivity index (χ1n) is 8.05. The molecule has 0 spiro atoms.